The number of nitrogens with zero attached hydrogens (tertiary/aromatic N) is 3. The zero-order valence-electron chi connectivity index (χ0n) is 9.84. The summed E-state index contributed by atoms with van der Waals surface area (Å²) in [6.45, 7) is 0.385. The Morgan fingerprint density at radius 2 is 2.32 bits per heavy atom. The summed E-state index contributed by atoms with van der Waals surface area (Å²) < 4.78 is 7.36. The summed E-state index contributed by atoms with van der Waals surface area (Å²) in [5, 5.41) is 14.5. The minimum atomic E-state index is -0.608. The van der Waals surface area contributed by atoms with E-state index in [1.54, 1.807) is 13.2 Å². The van der Waals surface area contributed by atoms with Crippen LogP contribution in [0.3, 0.4) is 0 Å². The van der Waals surface area contributed by atoms with Crippen molar-refractivity contribution in [2.45, 2.75) is 6.54 Å². The molecule has 0 bridgehead atoms. The van der Waals surface area contributed by atoms with Crippen LogP contribution in [-0.4, -0.2) is 21.8 Å². The Kier molecular flexibility index (Phi) is 4.06. The second-order valence-corrected chi connectivity index (χ2v) is 4.99. The number of ether oxygens (including phenoxy) is 1. The molecule has 0 spiro atoms. The molecule has 1 heterocycles. The number of aromatic nitrogens is 2. The molecule has 2 aromatic rings. The van der Waals surface area contributed by atoms with Gasteiger partial charge in [0, 0.05) is 0 Å². The third kappa shape index (κ3) is 3.05. The van der Waals surface area contributed by atoms with Crippen molar-refractivity contribution in [1.82, 2.24) is 9.78 Å². The van der Waals surface area contributed by atoms with Gasteiger partial charge in [0.2, 0.25) is 0 Å². The number of nitro groups is 1. The first-order valence-electron chi connectivity index (χ1n) is 5.21. The van der Waals surface area contributed by atoms with Crippen LogP contribution in [0.15, 0.2) is 28.9 Å². The minimum absolute atomic E-state index is 0.0255. The highest BCUT2D eigenvalue weighted by atomic mass is 79.9. The van der Waals surface area contributed by atoms with E-state index in [0.717, 1.165) is 10.0 Å². The SMILES string of the molecule is COc1ccc(Cn2cc(Cl)c([N+](=O)[O-])n2)cc1Br. The zero-order chi connectivity index (χ0) is 14.0. The second-order valence-electron chi connectivity index (χ2n) is 3.72. The molecule has 0 fully saturated rings. The maximum atomic E-state index is 10.6. The highest BCUT2D eigenvalue weighted by molar-refractivity contribution is 9.10. The summed E-state index contributed by atoms with van der Waals surface area (Å²) in [5.74, 6) is 0.377. The molecule has 1 aromatic carbocycles. The predicted octanol–water partition coefficient (Wildman–Crippen LogP) is 3.26. The quantitative estimate of drug-likeness (QED) is 0.629. The molecular weight excluding hydrogens is 337 g/mol. The second kappa shape index (κ2) is 5.58. The number of rotatable bonds is 4. The van der Waals surface area contributed by atoms with Crippen LogP contribution in [-0.2, 0) is 6.54 Å². The number of hydrogen-bond donors (Lipinski definition) is 0. The molecule has 0 N–H and O–H groups in total. The van der Waals surface area contributed by atoms with Crippen molar-refractivity contribution in [2.75, 3.05) is 7.11 Å². The highest BCUT2D eigenvalue weighted by Gasteiger charge is 2.19. The summed E-state index contributed by atoms with van der Waals surface area (Å²) >= 11 is 9.11. The van der Waals surface area contributed by atoms with Crippen LogP contribution in [0.1, 0.15) is 5.56 Å². The maximum Gasteiger partial charge on any atom is 0.408 e. The molecular formula is C11H9BrClN3O3. The summed E-state index contributed by atoms with van der Waals surface area (Å²) in [6, 6.07) is 5.52. The van der Waals surface area contributed by atoms with Crippen molar-refractivity contribution in [3.63, 3.8) is 0 Å². The van der Waals surface area contributed by atoms with Gasteiger partial charge in [-0.15, -0.1) is 0 Å². The molecule has 19 heavy (non-hydrogen) atoms. The molecule has 0 aliphatic rings. The number of benzene rings is 1. The van der Waals surface area contributed by atoms with Gasteiger partial charge in [-0.05, 0) is 38.5 Å². The third-order valence-corrected chi connectivity index (χ3v) is 3.32. The molecule has 6 nitrogen and oxygen atoms in total. The normalized spacial score (nSPS) is 10.5. The van der Waals surface area contributed by atoms with Crippen LogP contribution in [0.4, 0.5) is 5.82 Å². The lowest BCUT2D eigenvalue weighted by Gasteiger charge is -2.05. The topological polar surface area (TPSA) is 70.2 Å². The Balaban J connectivity index is 2.24. The molecule has 0 atom stereocenters. The van der Waals surface area contributed by atoms with Gasteiger partial charge in [0.15, 0.2) is 5.02 Å². The fraction of sp³-hybridized carbons (Fsp3) is 0.182. The van der Waals surface area contributed by atoms with Gasteiger partial charge in [0.25, 0.3) is 0 Å². The lowest BCUT2D eigenvalue weighted by atomic mass is 10.2. The molecule has 100 valence electrons. The fourth-order valence-corrected chi connectivity index (χ4v) is 2.39. The molecule has 0 radical (unpaired) electrons. The fourth-order valence-electron chi connectivity index (χ4n) is 1.59. The van der Waals surface area contributed by atoms with Crippen LogP contribution >= 0.6 is 27.5 Å². The van der Waals surface area contributed by atoms with Crippen LogP contribution in [0.25, 0.3) is 0 Å². The average Bonchev–Trinajstić information content (AvgIpc) is 2.70. The van der Waals surface area contributed by atoms with E-state index in [1.807, 2.05) is 12.1 Å². The van der Waals surface area contributed by atoms with Crippen molar-refractivity contribution in [2.24, 2.45) is 0 Å². The van der Waals surface area contributed by atoms with Crippen molar-refractivity contribution in [3.8, 4) is 5.75 Å². The Labute approximate surface area is 122 Å². The largest absolute Gasteiger partial charge is 0.496 e. The van der Waals surface area contributed by atoms with E-state index in [-0.39, 0.29) is 10.8 Å². The van der Waals surface area contributed by atoms with Crippen LogP contribution < -0.4 is 4.74 Å². The summed E-state index contributed by atoms with van der Waals surface area (Å²) in [7, 11) is 1.58. The minimum Gasteiger partial charge on any atom is -0.496 e. The first kappa shape index (κ1) is 13.8. The predicted molar refractivity (Wildman–Crippen MR) is 73.7 cm³/mol. The van der Waals surface area contributed by atoms with Crippen molar-refractivity contribution >= 4 is 33.3 Å². The van der Waals surface area contributed by atoms with E-state index in [2.05, 4.69) is 21.0 Å². The van der Waals surface area contributed by atoms with E-state index in [0.29, 0.717) is 12.3 Å². The Hall–Kier alpha value is -1.60. The van der Waals surface area contributed by atoms with Gasteiger partial charge in [0.1, 0.15) is 5.75 Å². The number of hydrogen-bond acceptors (Lipinski definition) is 4. The molecule has 0 amide bonds. The smallest absolute Gasteiger partial charge is 0.408 e. The first-order valence-corrected chi connectivity index (χ1v) is 6.38. The Morgan fingerprint density at radius 3 is 2.84 bits per heavy atom. The maximum absolute atomic E-state index is 10.6. The van der Waals surface area contributed by atoms with Gasteiger partial charge in [-0.2, -0.15) is 4.68 Å². The lowest BCUT2D eigenvalue weighted by molar-refractivity contribution is -0.389. The van der Waals surface area contributed by atoms with Gasteiger partial charge in [-0.3, -0.25) is 0 Å². The molecule has 0 saturated carbocycles. The van der Waals surface area contributed by atoms with E-state index in [1.165, 1.54) is 10.9 Å². The first-order chi connectivity index (χ1) is 9.01. The van der Waals surface area contributed by atoms with Crippen molar-refractivity contribution in [1.29, 1.82) is 0 Å². The standard InChI is InChI=1S/C11H9BrClN3O3/c1-19-10-3-2-7(4-8(10)12)5-15-6-9(13)11(14-15)16(17)18/h2-4,6H,5H2,1H3. The van der Waals surface area contributed by atoms with Crippen molar-refractivity contribution < 1.29 is 9.66 Å². The van der Waals surface area contributed by atoms with E-state index < -0.39 is 4.92 Å². The molecule has 8 heteroatoms. The average molecular weight is 347 g/mol. The Bertz CT molecular complexity index is 630. The van der Waals surface area contributed by atoms with Gasteiger partial charge < -0.3 is 14.9 Å². The summed E-state index contributed by atoms with van der Waals surface area (Å²) in [6.07, 6.45) is 1.43. The number of methoxy groups -OCH3 is 1. The monoisotopic (exact) mass is 345 g/mol. The highest BCUT2D eigenvalue weighted by Crippen LogP contribution is 2.26. The summed E-state index contributed by atoms with van der Waals surface area (Å²) in [5.41, 5.74) is 0.918. The molecule has 1 aromatic heterocycles. The Morgan fingerprint density at radius 1 is 1.58 bits per heavy atom. The van der Waals surface area contributed by atoms with E-state index in [4.69, 9.17) is 16.3 Å². The molecule has 0 aliphatic heterocycles. The molecule has 0 unspecified atom stereocenters. The van der Waals surface area contributed by atoms with Crippen LogP contribution in [0.5, 0.6) is 5.75 Å². The van der Waals surface area contributed by atoms with Crippen LogP contribution in [0.2, 0.25) is 5.02 Å². The zero-order valence-corrected chi connectivity index (χ0v) is 12.2. The van der Waals surface area contributed by atoms with Gasteiger partial charge in [-0.25, -0.2) is 0 Å². The van der Waals surface area contributed by atoms with E-state index in [9.17, 15) is 10.1 Å². The van der Waals surface area contributed by atoms with E-state index >= 15 is 0 Å². The summed E-state index contributed by atoms with van der Waals surface area (Å²) in [4.78, 5) is 10.0. The molecule has 0 aliphatic carbocycles. The number of halogens is 2. The molecule has 2 rings (SSSR count). The van der Waals surface area contributed by atoms with Crippen molar-refractivity contribution in [3.05, 3.63) is 49.6 Å². The van der Waals surface area contributed by atoms with Gasteiger partial charge in [0.05, 0.1) is 29.4 Å². The third-order valence-electron chi connectivity index (χ3n) is 2.43. The molecule has 0 saturated heterocycles. The lowest BCUT2D eigenvalue weighted by Crippen LogP contribution is -2.01. The van der Waals surface area contributed by atoms with Crippen LogP contribution in [0, 0.1) is 10.1 Å². The van der Waals surface area contributed by atoms with Gasteiger partial charge in [-0.1, -0.05) is 17.7 Å². The van der Waals surface area contributed by atoms with Gasteiger partial charge >= 0.3 is 5.82 Å².